The first-order chi connectivity index (χ1) is 9.10. The molecule has 2 aromatic rings. The second kappa shape index (κ2) is 6.82. The Morgan fingerprint density at radius 3 is 2.16 bits per heavy atom. The van der Waals surface area contributed by atoms with Crippen molar-refractivity contribution in [2.75, 3.05) is 11.6 Å². The molecule has 1 N–H and O–H groups in total. The van der Waals surface area contributed by atoms with Crippen LogP contribution in [0.1, 0.15) is 11.1 Å². The standard InChI is InChI=1S/C15H15Br2NS/c1-10-7-13(16)15(14(17)8-10)18-9-11-3-5-12(19-2)6-4-11/h3-8,18H,9H2,1-2H3. The zero-order valence-electron chi connectivity index (χ0n) is 10.8. The summed E-state index contributed by atoms with van der Waals surface area (Å²) in [6.07, 6.45) is 2.09. The molecule has 0 spiro atoms. The van der Waals surface area contributed by atoms with Gasteiger partial charge < -0.3 is 5.32 Å². The van der Waals surface area contributed by atoms with Crippen LogP contribution in [0.25, 0.3) is 0 Å². The fourth-order valence-corrected chi connectivity index (χ4v) is 3.91. The Morgan fingerprint density at radius 2 is 1.63 bits per heavy atom. The highest BCUT2D eigenvalue weighted by atomic mass is 79.9. The minimum atomic E-state index is 0.814. The first-order valence-electron chi connectivity index (χ1n) is 5.92. The molecule has 0 bridgehead atoms. The Balaban J connectivity index is 2.10. The molecule has 0 saturated heterocycles. The summed E-state index contributed by atoms with van der Waals surface area (Å²) < 4.78 is 2.17. The monoisotopic (exact) mass is 399 g/mol. The van der Waals surface area contributed by atoms with Crippen molar-refractivity contribution in [2.45, 2.75) is 18.4 Å². The average Bonchev–Trinajstić information content (AvgIpc) is 2.38. The van der Waals surface area contributed by atoms with E-state index in [0.29, 0.717) is 0 Å². The van der Waals surface area contributed by atoms with Gasteiger partial charge in [0.15, 0.2) is 0 Å². The lowest BCUT2D eigenvalue weighted by molar-refractivity contribution is 1.13. The van der Waals surface area contributed by atoms with Crippen molar-refractivity contribution in [2.24, 2.45) is 0 Å². The molecule has 0 amide bonds. The lowest BCUT2D eigenvalue weighted by Gasteiger charge is -2.12. The fourth-order valence-electron chi connectivity index (χ4n) is 1.80. The highest BCUT2D eigenvalue weighted by Crippen LogP contribution is 2.32. The molecule has 0 unspecified atom stereocenters. The van der Waals surface area contributed by atoms with Gasteiger partial charge in [-0.25, -0.2) is 0 Å². The van der Waals surface area contributed by atoms with Crippen molar-refractivity contribution in [3.63, 3.8) is 0 Å². The van der Waals surface area contributed by atoms with Crippen LogP contribution in [0.5, 0.6) is 0 Å². The van der Waals surface area contributed by atoms with E-state index in [1.165, 1.54) is 16.0 Å². The molecule has 100 valence electrons. The number of benzene rings is 2. The summed E-state index contributed by atoms with van der Waals surface area (Å²) in [7, 11) is 0. The lowest BCUT2D eigenvalue weighted by Crippen LogP contribution is -2.01. The van der Waals surface area contributed by atoms with Crippen LogP contribution in [0.2, 0.25) is 0 Å². The van der Waals surface area contributed by atoms with Crippen molar-refractivity contribution in [1.82, 2.24) is 0 Å². The molecule has 4 heteroatoms. The third-order valence-corrected chi connectivity index (χ3v) is 4.81. The fraction of sp³-hybridized carbons (Fsp3) is 0.200. The van der Waals surface area contributed by atoms with E-state index in [0.717, 1.165) is 21.2 Å². The van der Waals surface area contributed by atoms with Gasteiger partial charge in [0, 0.05) is 20.4 Å². The van der Waals surface area contributed by atoms with Crippen LogP contribution in [-0.2, 0) is 6.54 Å². The van der Waals surface area contributed by atoms with Crippen LogP contribution in [0.15, 0.2) is 50.2 Å². The first-order valence-corrected chi connectivity index (χ1v) is 8.73. The first kappa shape index (κ1) is 14.9. The number of hydrogen-bond acceptors (Lipinski definition) is 2. The number of anilines is 1. The normalized spacial score (nSPS) is 10.5. The molecule has 19 heavy (non-hydrogen) atoms. The van der Waals surface area contributed by atoms with E-state index in [9.17, 15) is 0 Å². The Bertz CT molecular complexity index is 544. The highest BCUT2D eigenvalue weighted by molar-refractivity contribution is 9.11. The van der Waals surface area contributed by atoms with Gasteiger partial charge in [0.1, 0.15) is 0 Å². The van der Waals surface area contributed by atoms with Gasteiger partial charge in [-0.1, -0.05) is 12.1 Å². The van der Waals surface area contributed by atoms with Gasteiger partial charge in [0.25, 0.3) is 0 Å². The molecule has 0 heterocycles. The predicted molar refractivity (Wildman–Crippen MR) is 92.1 cm³/mol. The summed E-state index contributed by atoms with van der Waals surface area (Å²) in [4.78, 5) is 1.29. The molecule has 0 fully saturated rings. The Kier molecular flexibility index (Phi) is 5.37. The molecule has 0 aliphatic rings. The largest absolute Gasteiger partial charge is 0.379 e. The molecule has 2 aromatic carbocycles. The molecular formula is C15H15Br2NS. The number of halogens is 2. The van der Waals surface area contributed by atoms with Crippen molar-refractivity contribution < 1.29 is 0 Å². The van der Waals surface area contributed by atoms with Gasteiger partial charge in [-0.2, -0.15) is 0 Å². The smallest absolute Gasteiger partial charge is 0.0631 e. The third-order valence-electron chi connectivity index (χ3n) is 2.81. The second-order valence-corrected chi connectivity index (χ2v) is 6.89. The zero-order chi connectivity index (χ0) is 13.8. The molecule has 0 aromatic heterocycles. The summed E-state index contributed by atoms with van der Waals surface area (Å²) in [5, 5.41) is 3.46. The summed E-state index contributed by atoms with van der Waals surface area (Å²) in [6, 6.07) is 12.9. The number of aryl methyl sites for hydroxylation is 1. The van der Waals surface area contributed by atoms with E-state index in [1.807, 2.05) is 0 Å². The summed E-state index contributed by atoms with van der Waals surface area (Å²) >= 11 is 8.96. The quantitative estimate of drug-likeness (QED) is 0.645. The Labute approximate surface area is 135 Å². The van der Waals surface area contributed by atoms with Crippen LogP contribution in [0, 0.1) is 6.92 Å². The van der Waals surface area contributed by atoms with Gasteiger partial charge in [-0.3, -0.25) is 0 Å². The number of nitrogens with one attached hydrogen (secondary N) is 1. The van der Waals surface area contributed by atoms with Crippen molar-refractivity contribution in [3.8, 4) is 0 Å². The number of thioether (sulfide) groups is 1. The van der Waals surface area contributed by atoms with Crippen molar-refractivity contribution in [3.05, 3.63) is 56.5 Å². The topological polar surface area (TPSA) is 12.0 Å². The average molecular weight is 401 g/mol. The van der Waals surface area contributed by atoms with Gasteiger partial charge in [-0.15, -0.1) is 11.8 Å². The van der Waals surface area contributed by atoms with Crippen LogP contribution < -0.4 is 5.32 Å². The molecular weight excluding hydrogens is 386 g/mol. The molecule has 0 saturated carbocycles. The van der Waals surface area contributed by atoms with Gasteiger partial charge in [0.2, 0.25) is 0 Å². The predicted octanol–water partition coefficient (Wildman–Crippen LogP) is 5.85. The van der Waals surface area contributed by atoms with Crippen molar-refractivity contribution in [1.29, 1.82) is 0 Å². The summed E-state index contributed by atoms with van der Waals surface area (Å²) in [5.74, 6) is 0. The zero-order valence-corrected chi connectivity index (χ0v) is 14.8. The van der Waals surface area contributed by atoms with Gasteiger partial charge >= 0.3 is 0 Å². The highest BCUT2D eigenvalue weighted by Gasteiger charge is 2.05. The van der Waals surface area contributed by atoms with Crippen LogP contribution in [-0.4, -0.2) is 6.26 Å². The number of rotatable bonds is 4. The molecule has 0 radical (unpaired) electrons. The maximum absolute atomic E-state index is 3.60. The summed E-state index contributed by atoms with van der Waals surface area (Å²) in [6.45, 7) is 2.90. The van der Waals surface area contributed by atoms with E-state index in [1.54, 1.807) is 11.8 Å². The molecule has 0 aliphatic carbocycles. The van der Waals surface area contributed by atoms with Crippen LogP contribution in [0.3, 0.4) is 0 Å². The third kappa shape index (κ3) is 4.01. The number of hydrogen-bond donors (Lipinski definition) is 1. The van der Waals surface area contributed by atoms with E-state index >= 15 is 0 Å². The minimum absolute atomic E-state index is 0.814. The van der Waals surface area contributed by atoms with E-state index in [-0.39, 0.29) is 0 Å². The second-order valence-electron chi connectivity index (χ2n) is 4.31. The Hall–Kier alpha value is -0.450. The molecule has 2 rings (SSSR count). The van der Waals surface area contributed by atoms with Crippen LogP contribution >= 0.6 is 43.6 Å². The van der Waals surface area contributed by atoms with Crippen LogP contribution in [0.4, 0.5) is 5.69 Å². The van der Waals surface area contributed by atoms with Crippen molar-refractivity contribution >= 4 is 49.3 Å². The lowest BCUT2D eigenvalue weighted by atomic mass is 10.2. The van der Waals surface area contributed by atoms with Gasteiger partial charge in [-0.05, 0) is 80.4 Å². The maximum atomic E-state index is 3.60. The molecule has 1 nitrogen and oxygen atoms in total. The Morgan fingerprint density at radius 1 is 1.05 bits per heavy atom. The maximum Gasteiger partial charge on any atom is 0.0631 e. The SMILES string of the molecule is CSc1ccc(CNc2c(Br)cc(C)cc2Br)cc1. The summed E-state index contributed by atoms with van der Waals surface area (Å²) in [5.41, 5.74) is 3.60. The van der Waals surface area contributed by atoms with Gasteiger partial charge in [0.05, 0.1) is 5.69 Å². The minimum Gasteiger partial charge on any atom is -0.379 e. The van der Waals surface area contributed by atoms with E-state index in [2.05, 4.69) is 86.8 Å². The van der Waals surface area contributed by atoms with E-state index < -0.39 is 0 Å². The van der Waals surface area contributed by atoms with E-state index in [4.69, 9.17) is 0 Å². The molecule has 0 aliphatic heterocycles. The molecule has 0 atom stereocenters.